The third-order valence-corrected chi connectivity index (χ3v) is 9.92. The molecule has 2 heterocycles. The second-order valence-corrected chi connectivity index (χ2v) is 11.4. The Bertz CT molecular complexity index is 1040. The predicted octanol–water partition coefficient (Wildman–Crippen LogP) is 3.66. The fourth-order valence-corrected chi connectivity index (χ4v) is 8.29. The van der Waals surface area contributed by atoms with Crippen molar-refractivity contribution in [3.63, 3.8) is 0 Å². The van der Waals surface area contributed by atoms with Gasteiger partial charge in [0, 0.05) is 31.1 Å². The number of benzene rings is 1. The molecule has 8 atom stereocenters. The van der Waals surface area contributed by atoms with Crippen LogP contribution in [0.25, 0.3) is 0 Å². The van der Waals surface area contributed by atoms with Gasteiger partial charge in [-0.05, 0) is 73.4 Å². The van der Waals surface area contributed by atoms with Crippen LogP contribution in [0.1, 0.15) is 36.3 Å². The second kappa shape index (κ2) is 7.81. The zero-order valence-corrected chi connectivity index (χ0v) is 19.9. The highest BCUT2D eigenvalue weighted by Gasteiger charge is 2.62. The molecule has 5 aliphatic carbocycles. The number of aryl methyl sites for hydroxylation is 1. The van der Waals surface area contributed by atoms with Crippen LogP contribution >= 0.6 is 0 Å². The van der Waals surface area contributed by atoms with Crippen LogP contribution in [0.3, 0.4) is 0 Å². The van der Waals surface area contributed by atoms with Crippen molar-refractivity contribution in [3.8, 4) is 5.75 Å². The number of likely N-dealkylation sites (tertiary alicyclic amines) is 2. The highest BCUT2D eigenvalue weighted by molar-refractivity contribution is 6.06. The van der Waals surface area contributed by atoms with Gasteiger partial charge in [0.15, 0.2) is 0 Å². The van der Waals surface area contributed by atoms with Gasteiger partial charge in [0.05, 0.1) is 18.9 Å². The molecule has 2 aliphatic heterocycles. The SMILES string of the molecule is COc1cccc2c1C1CN(CCCCN3C(=O)C4C5C=CC(C6C=CC65)C4C3=O)CC1CC2. The molecule has 0 N–H and O–H groups in total. The molecule has 2 amide bonds. The van der Waals surface area contributed by atoms with Gasteiger partial charge < -0.3 is 9.64 Å². The third-order valence-electron chi connectivity index (χ3n) is 9.92. The Labute approximate surface area is 201 Å². The molecule has 2 saturated heterocycles. The standard InChI is InChI=1S/C29H34N2O3/c1-34-24-6-4-5-17-7-8-18-15-30(16-23(18)25(17)24)13-2-3-14-31-28(32)26-21-11-12-22(27(26)29(31)33)20-10-9-19(20)21/h4-6,9-12,18-23,26-27H,2-3,7-8,13-16H2,1H3. The molecule has 0 radical (unpaired) electrons. The number of methoxy groups -OCH3 is 1. The van der Waals surface area contributed by atoms with Crippen LogP contribution in [0.5, 0.6) is 5.75 Å². The van der Waals surface area contributed by atoms with Gasteiger partial charge in [-0.2, -0.15) is 0 Å². The minimum absolute atomic E-state index is 0.101. The van der Waals surface area contributed by atoms with E-state index in [4.69, 9.17) is 4.74 Å². The van der Waals surface area contributed by atoms with E-state index in [1.54, 1.807) is 12.0 Å². The first-order valence-electron chi connectivity index (χ1n) is 13.3. The number of ether oxygens (including phenoxy) is 1. The van der Waals surface area contributed by atoms with Crippen LogP contribution in [-0.4, -0.2) is 54.9 Å². The monoisotopic (exact) mass is 458 g/mol. The lowest BCUT2D eigenvalue weighted by atomic mass is 9.50. The molecule has 8 rings (SSSR count). The van der Waals surface area contributed by atoms with Crippen LogP contribution in [0.15, 0.2) is 42.5 Å². The fraction of sp³-hybridized carbons (Fsp3) is 0.586. The smallest absolute Gasteiger partial charge is 0.233 e. The van der Waals surface area contributed by atoms with E-state index in [1.165, 1.54) is 17.5 Å². The van der Waals surface area contributed by atoms with Crippen molar-refractivity contribution >= 4 is 11.8 Å². The zero-order valence-electron chi connectivity index (χ0n) is 19.9. The Morgan fingerprint density at radius 2 is 1.56 bits per heavy atom. The molecular weight excluding hydrogens is 424 g/mol. The van der Waals surface area contributed by atoms with Gasteiger partial charge >= 0.3 is 0 Å². The Hall–Kier alpha value is -2.40. The molecule has 2 bridgehead atoms. The number of unbranched alkanes of at least 4 members (excludes halogenated alkanes) is 1. The van der Waals surface area contributed by atoms with Crippen LogP contribution in [0.4, 0.5) is 0 Å². The molecule has 3 fully saturated rings. The maximum Gasteiger partial charge on any atom is 0.233 e. The van der Waals surface area contributed by atoms with E-state index >= 15 is 0 Å². The number of hydrogen-bond donors (Lipinski definition) is 0. The first kappa shape index (κ1) is 20.9. The van der Waals surface area contributed by atoms with Gasteiger partial charge in [0.2, 0.25) is 11.8 Å². The van der Waals surface area contributed by atoms with Gasteiger partial charge in [-0.15, -0.1) is 0 Å². The quantitative estimate of drug-likeness (QED) is 0.371. The summed E-state index contributed by atoms with van der Waals surface area (Å²) in [6.07, 6.45) is 13.3. The molecule has 34 heavy (non-hydrogen) atoms. The molecule has 5 nitrogen and oxygen atoms in total. The van der Waals surface area contributed by atoms with Crippen LogP contribution in [-0.2, 0) is 16.0 Å². The molecule has 1 aromatic rings. The normalized spacial score (nSPS) is 39.0. The van der Waals surface area contributed by atoms with Crippen molar-refractivity contribution in [2.24, 2.45) is 41.4 Å². The molecule has 0 spiro atoms. The minimum Gasteiger partial charge on any atom is -0.496 e. The third kappa shape index (κ3) is 2.89. The largest absolute Gasteiger partial charge is 0.496 e. The van der Waals surface area contributed by atoms with E-state index in [0.29, 0.717) is 30.2 Å². The lowest BCUT2D eigenvalue weighted by Gasteiger charge is -2.51. The Morgan fingerprint density at radius 3 is 2.24 bits per heavy atom. The van der Waals surface area contributed by atoms with E-state index in [9.17, 15) is 9.59 Å². The zero-order chi connectivity index (χ0) is 23.0. The van der Waals surface area contributed by atoms with Crippen LogP contribution in [0, 0.1) is 41.4 Å². The number of nitrogens with zero attached hydrogens (tertiary/aromatic N) is 2. The van der Waals surface area contributed by atoms with E-state index in [1.807, 2.05) is 0 Å². The summed E-state index contributed by atoms with van der Waals surface area (Å²) in [5.41, 5.74) is 2.90. The van der Waals surface area contributed by atoms with E-state index in [2.05, 4.69) is 47.4 Å². The fourth-order valence-electron chi connectivity index (χ4n) is 8.29. The number of amides is 2. The van der Waals surface area contributed by atoms with Gasteiger partial charge in [0.25, 0.3) is 0 Å². The molecule has 1 saturated carbocycles. The average molecular weight is 459 g/mol. The van der Waals surface area contributed by atoms with Crippen LogP contribution < -0.4 is 4.74 Å². The molecule has 8 unspecified atom stereocenters. The summed E-state index contributed by atoms with van der Waals surface area (Å²) in [5.74, 6) is 3.75. The lowest BCUT2D eigenvalue weighted by Crippen LogP contribution is -2.50. The Balaban J connectivity index is 0.957. The average Bonchev–Trinajstić information content (AvgIpc) is 3.36. The topological polar surface area (TPSA) is 49.9 Å². The lowest BCUT2D eigenvalue weighted by molar-refractivity contribution is -0.140. The number of hydrogen-bond acceptors (Lipinski definition) is 4. The van der Waals surface area contributed by atoms with E-state index in [-0.39, 0.29) is 35.5 Å². The van der Waals surface area contributed by atoms with Crippen molar-refractivity contribution in [3.05, 3.63) is 53.6 Å². The minimum atomic E-state index is -0.106. The Morgan fingerprint density at radius 1 is 0.882 bits per heavy atom. The van der Waals surface area contributed by atoms with Crippen molar-refractivity contribution < 1.29 is 14.3 Å². The van der Waals surface area contributed by atoms with Crippen molar-refractivity contribution in [2.75, 3.05) is 33.3 Å². The number of rotatable bonds is 6. The molecule has 0 aromatic heterocycles. The van der Waals surface area contributed by atoms with Gasteiger partial charge in [-0.25, -0.2) is 0 Å². The summed E-state index contributed by atoms with van der Waals surface area (Å²) in [4.78, 5) is 30.7. The van der Waals surface area contributed by atoms with Gasteiger partial charge in [-0.1, -0.05) is 36.4 Å². The Kier molecular flexibility index (Phi) is 4.81. The summed E-state index contributed by atoms with van der Waals surface area (Å²) in [6, 6.07) is 6.49. The number of allylic oxidation sites excluding steroid dienone is 4. The molecule has 5 heteroatoms. The summed E-state index contributed by atoms with van der Waals surface area (Å²) < 4.78 is 5.71. The van der Waals surface area contributed by atoms with Crippen molar-refractivity contribution in [1.29, 1.82) is 0 Å². The highest BCUT2D eigenvalue weighted by atomic mass is 16.5. The maximum absolute atomic E-state index is 13.2. The summed E-state index contributed by atoms with van der Waals surface area (Å²) >= 11 is 0. The highest BCUT2D eigenvalue weighted by Crippen LogP contribution is 2.58. The number of carbonyl (C=O) groups is 2. The summed E-state index contributed by atoms with van der Waals surface area (Å²) in [7, 11) is 1.78. The molecule has 1 aromatic carbocycles. The van der Waals surface area contributed by atoms with Gasteiger partial charge in [0.1, 0.15) is 5.75 Å². The predicted molar refractivity (Wildman–Crippen MR) is 129 cm³/mol. The molecular formula is C29H34N2O3. The van der Waals surface area contributed by atoms with Crippen LogP contribution in [0.2, 0.25) is 0 Å². The van der Waals surface area contributed by atoms with E-state index in [0.717, 1.165) is 44.6 Å². The number of fused-ring (bicyclic) bond motifs is 3. The van der Waals surface area contributed by atoms with Crippen molar-refractivity contribution in [1.82, 2.24) is 9.80 Å². The maximum atomic E-state index is 13.2. The number of carbonyl (C=O) groups excluding carboxylic acids is 2. The van der Waals surface area contributed by atoms with Crippen molar-refractivity contribution in [2.45, 2.75) is 31.6 Å². The number of imide groups is 1. The van der Waals surface area contributed by atoms with E-state index < -0.39 is 0 Å². The summed E-state index contributed by atoms with van der Waals surface area (Å²) in [5, 5.41) is 0. The van der Waals surface area contributed by atoms with Gasteiger partial charge in [-0.3, -0.25) is 14.5 Å². The first-order valence-corrected chi connectivity index (χ1v) is 13.3. The molecule has 7 aliphatic rings. The summed E-state index contributed by atoms with van der Waals surface area (Å²) in [6.45, 7) is 3.87. The second-order valence-electron chi connectivity index (χ2n) is 11.4. The first-order chi connectivity index (χ1) is 16.7. The molecule has 178 valence electrons.